The average Bonchev–Trinajstić information content (AvgIpc) is 2.47. The molecule has 108 valence electrons. The van der Waals surface area contributed by atoms with E-state index in [9.17, 15) is 9.18 Å². The summed E-state index contributed by atoms with van der Waals surface area (Å²) in [5.41, 5.74) is 3.62. The molecule has 3 rings (SSSR count). The summed E-state index contributed by atoms with van der Waals surface area (Å²) in [6.45, 7) is 2.25. The summed E-state index contributed by atoms with van der Waals surface area (Å²) < 4.78 is 19.0. The van der Waals surface area contributed by atoms with Crippen LogP contribution in [-0.2, 0) is 13.0 Å². The topological polar surface area (TPSA) is 26.3 Å². The largest absolute Gasteiger partial charge is 0.489 e. The second kappa shape index (κ2) is 5.68. The predicted molar refractivity (Wildman–Crippen MR) is 79.2 cm³/mol. The number of Topliss-reactive ketones (excluding diaryl/α,β-unsaturated/α-hetero) is 1. The molecule has 2 aromatic carbocycles. The highest BCUT2D eigenvalue weighted by atomic mass is 19.1. The Hall–Kier alpha value is -2.16. The maximum absolute atomic E-state index is 13.1. The maximum Gasteiger partial charge on any atom is 0.163 e. The van der Waals surface area contributed by atoms with Gasteiger partial charge in [-0.25, -0.2) is 4.39 Å². The molecule has 0 atom stereocenters. The fourth-order valence-electron chi connectivity index (χ4n) is 2.76. The van der Waals surface area contributed by atoms with Crippen molar-refractivity contribution in [1.82, 2.24) is 0 Å². The van der Waals surface area contributed by atoms with Gasteiger partial charge in [0, 0.05) is 17.5 Å². The molecule has 0 fully saturated rings. The number of halogens is 1. The summed E-state index contributed by atoms with van der Waals surface area (Å²) in [6.07, 6.45) is 2.37. The van der Waals surface area contributed by atoms with Gasteiger partial charge in [-0.1, -0.05) is 18.2 Å². The van der Waals surface area contributed by atoms with E-state index >= 15 is 0 Å². The van der Waals surface area contributed by atoms with Crippen molar-refractivity contribution in [3.63, 3.8) is 0 Å². The van der Waals surface area contributed by atoms with Gasteiger partial charge in [-0.05, 0) is 49.1 Å². The van der Waals surface area contributed by atoms with Gasteiger partial charge >= 0.3 is 0 Å². The predicted octanol–water partition coefficient (Wildman–Crippen LogP) is 4.23. The molecule has 3 heteroatoms. The monoisotopic (exact) mass is 284 g/mol. The van der Waals surface area contributed by atoms with E-state index in [1.807, 2.05) is 25.1 Å². The molecule has 0 amide bonds. The van der Waals surface area contributed by atoms with E-state index in [2.05, 4.69) is 0 Å². The van der Waals surface area contributed by atoms with Gasteiger partial charge in [0.2, 0.25) is 0 Å². The normalized spacial score (nSPS) is 13.9. The third-order valence-corrected chi connectivity index (χ3v) is 3.95. The second-order valence-corrected chi connectivity index (χ2v) is 5.42. The lowest BCUT2D eigenvalue weighted by molar-refractivity contribution is 0.0971. The highest BCUT2D eigenvalue weighted by molar-refractivity contribution is 5.99. The molecule has 0 heterocycles. The molecule has 0 unspecified atom stereocenters. The van der Waals surface area contributed by atoms with Crippen molar-refractivity contribution < 1.29 is 13.9 Å². The summed E-state index contributed by atoms with van der Waals surface area (Å²) in [5, 5.41) is 0. The molecule has 0 N–H and O–H groups in total. The van der Waals surface area contributed by atoms with Crippen LogP contribution in [0.4, 0.5) is 4.39 Å². The molecule has 0 aromatic heterocycles. The van der Waals surface area contributed by atoms with Crippen LogP contribution in [-0.4, -0.2) is 5.78 Å². The first-order valence-electron chi connectivity index (χ1n) is 7.18. The van der Waals surface area contributed by atoms with Crippen molar-refractivity contribution in [2.75, 3.05) is 0 Å². The average molecular weight is 284 g/mol. The van der Waals surface area contributed by atoms with Crippen LogP contribution < -0.4 is 4.74 Å². The zero-order valence-electron chi connectivity index (χ0n) is 12.0. The first-order valence-corrected chi connectivity index (χ1v) is 7.18. The first-order chi connectivity index (χ1) is 10.1. The highest BCUT2D eigenvalue weighted by Gasteiger charge is 2.20. The minimum Gasteiger partial charge on any atom is -0.489 e. The Labute approximate surface area is 123 Å². The number of rotatable bonds is 3. The molecule has 1 aliphatic carbocycles. The fourth-order valence-corrected chi connectivity index (χ4v) is 2.76. The van der Waals surface area contributed by atoms with Crippen LogP contribution in [0.5, 0.6) is 5.75 Å². The van der Waals surface area contributed by atoms with Crippen LogP contribution in [0.25, 0.3) is 0 Å². The minimum absolute atomic E-state index is 0.194. The third-order valence-electron chi connectivity index (χ3n) is 3.95. The number of hydrogen-bond acceptors (Lipinski definition) is 2. The van der Waals surface area contributed by atoms with E-state index in [-0.39, 0.29) is 11.6 Å². The maximum atomic E-state index is 13.1. The molecule has 0 aliphatic heterocycles. The lowest BCUT2D eigenvalue weighted by atomic mass is 9.90. The Kier molecular flexibility index (Phi) is 3.74. The van der Waals surface area contributed by atoms with Crippen molar-refractivity contribution in [3.05, 3.63) is 64.5 Å². The third kappa shape index (κ3) is 2.82. The lowest BCUT2D eigenvalue weighted by Gasteiger charge is -2.19. The van der Waals surface area contributed by atoms with Crippen LogP contribution in [0.1, 0.15) is 39.9 Å². The van der Waals surface area contributed by atoms with Crippen LogP contribution >= 0.6 is 0 Å². The van der Waals surface area contributed by atoms with Crippen molar-refractivity contribution in [1.29, 1.82) is 0 Å². The summed E-state index contributed by atoms with van der Waals surface area (Å²) in [6, 6.07) is 10.3. The van der Waals surface area contributed by atoms with Crippen molar-refractivity contribution in [3.8, 4) is 5.75 Å². The summed E-state index contributed by atoms with van der Waals surface area (Å²) in [5.74, 6) is 0.725. The number of benzene rings is 2. The molecule has 2 nitrogen and oxygen atoms in total. The summed E-state index contributed by atoms with van der Waals surface area (Å²) >= 11 is 0. The van der Waals surface area contributed by atoms with Crippen LogP contribution in [0, 0.1) is 12.7 Å². The number of ether oxygens (including phenoxy) is 1. The molecule has 1 aliphatic rings. The molecule has 0 saturated heterocycles. The highest BCUT2D eigenvalue weighted by Crippen LogP contribution is 2.30. The molecule has 0 spiro atoms. The van der Waals surface area contributed by atoms with E-state index in [1.54, 1.807) is 6.07 Å². The molecular weight excluding hydrogens is 267 g/mol. The second-order valence-electron chi connectivity index (χ2n) is 5.42. The van der Waals surface area contributed by atoms with Crippen molar-refractivity contribution >= 4 is 5.78 Å². The van der Waals surface area contributed by atoms with Gasteiger partial charge in [-0.15, -0.1) is 0 Å². The van der Waals surface area contributed by atoms with Gasteiger partial charge in [-0.3, -0.25) is 4.79 Å². The van der Waals surface area contributed by atoms with E-state index in [0.717, 1.165) is 40.8 Å². The van der Waals surface area contributed by atoms with Gasteiger partial charge in [0.25, 0.3) is 0 Å². The van der Waals surface area contributed by atoms with E-state index < -0.39 is 0 Å². The van der Waals surface area contributed by atoms with Gasteiger partial charge in [0.1, 0.15) is 18.2 Å². The quantitative estimate of drug-likeness (QED) is 0.843. The Morgan fingerprint density at radius 1 is 1.19 bits per heavy atom. The minimum atomic E-state index is -0.237. The number of hydrogen-bond donors (Lipinski definition) is 0. The molecular formula is C18H17FO2. The van der Waals surface area contributed by atoms with Crippen LogP contribution in [0.2, 0.25) is 0 Å². The zero-order chi connectivity index (χ0) is 14.8. The number of aryl methyl sites for hydroxylation is 1. The molecule has 0 saturated carbocycles. The van der Waals surface area contributed by atoms with Gasteiger partial charge in [0.15, 0.2) is 5.78 Å². The number of ketones is 1. The Bertz CT molecular complexity index is 692. The van der Waals surface area contributed by atoms with Gasteiger partial charge in [0.05, 0.1) is 0 Å². The van der Waals surface area contributed by atoms with Gasteiger partial charge < -0.3 is 4.74 Å². The Morgan fingerprint density at radius 2 is 2.05 bits per heavy atom. The standard InChI is InChI=1S/C18H17FO2/c1-12-10-14(19)9-8-13(12)11-21-18-7-3-4-15-16(18)5-2-6-17(15)20/h3-4,7-10H,2,5-6,11H2,1H3. The number of carbonyl (C=O) groups is 1. The molecule has 2 aromatic rings. The molecule has 0 bridgehead atoms. The zero-order valence-corrected chi connectivity index (χ0v) is 12.0. The van der Waals surface area contributed by atoms with E-state index in [4.69, 9.17) is 4.74 Å². The number of fused-ring (bicyclic) bond motifs is 1. The lowest BCUT2D eigenvalue weighted by Crippen LogP contribution is -2.12. The van der Waals surface area contributed by atoms with Crippen LogP contribution in [0.15, 0.2) is 36.4 Å². The summed E-state index contributed by atoms with van der Waals surface area (Å²) in [7, 11) is 0. The fraction of sp³-hybridized carbons (Fsp3) is 0.278. The van der Waals surface area contributed by atoms with Crippen molar-refractivity contribution in [2.24, 2.45) is 0 Å². The van der Waals surface area contributed by atoms with Crippen LogP contribution in [0.3, 0.4) is 0 Å². The first kappa shape index (κ1) is 13.8. The Morgan fingerprint density at radius 3 is 2.86 bits per heavy atom. The van der Waals surface area contributed by atoms with E-state index in [0.29, 0.717) is 13.0 Å². The Balaban J connectivity index is 1.83. The van der Waals surface area contributed by atoms with E-state index in [1.165, 1.54) is 12.1 Å². The summed E-state index contributed by atoms with van der Waals surface area (Å²) in [4.78, 5) is 11.9. The SMILES string of the molecule is Cc1cc(F)ccc1COc1cccc2c1CCCC2=O. The number of carbonyl (C=O) groups excluding carboxylic acids is 1. The van der Waals surface area contributed by atoms with Gasteiger partial charge in [-0.2, -0.15) is 0 Å². The molecule has 0 radical (unpaired) electrons. The smallest absolute Gasteiger partial charge is 0.163 e. The van der Waals surface area contributed by atoms with Crippen molar-refractivity contribution in [2.45, 2.75) is 32.8 Å². The molecule has 21 heavy (non-hydrogen) atoms.